The molecule has 0 aliphatic rings. The summed E-state index contributed by atoms with van der Waals surface area (Å²) < 4.78 is 0. The second kappa shape index (κ2) is 11.9. The standard InChI is InChI=1S/C33H36N2O3/c1-33(26-10-18-30(36)19-11-26,27-12-20-31(37)21-13-27)23-22-32(38)34-28-14-6-24(7-15-28)4-5-25-8-16-29(17-9-25)35(2)3/h4-21,32,34,36-38H,22-23H2,1-3H3/b5-4+. The maximum Gasteiger partial charge on any atom is 0.124 e. The fraction of sp³-hybridized carbons (Fsp3) is 0.212. The van der Waals surface area contributed by atoms with Crippen LogP contribution in [0.4, 0.5) is 11.4 Å². The monoisotopic (exact) mass is 508 g/mol. The summed E-state index contributed by atoms with van der Waals surface area (Å²) in [7, 11) is 4.06. The molecule has 5 nitrogen and oxygen atoms in total. The zero-order valence-electron chi connectivity index (χ0n) is 22.2. The second-order valence-electron chi connectivity index (χ2n) is 10.1. The number of nitrogens with zero attached hydrogens (tertiary/aromatic N) is 1. The number of rotatable bonds is 10. The lowest BCUT2D eigenvalue weighted by molar-refractivity contribution is 0.182. The number of aliphatic hydroxyl groups is 1. The van der Waals surface area contributed by atoms with Gasteiger partial charge in [0.1, 0.15) is 17.7 Å². The Morgan fingerprint density at radius 1 is 0.711 bits per heavy atom. The first kappa shape index (κ1) is 26.8. The number of anilines is 2. The number of aliphatic hydroxyl groups excluding tert-OH is 1. The van der Waals surface area contributed by atoms with Crippen molar-refractivity contribution in [3.8, 4) is 11.5 Å². The van der Waals surface area contributed by atoms with Gasteiger partial charge in [-0.1, -0.05) is 67.6 Å². The van der Waals surface area contributed by atoms with Crippen molar-refractivity contribution < 1.29 is 15.3 Å². The third-order valence-corrected chi connectivity index (χ3v) is 7.05. The van der Waals surface area contributed by atoms with Crippen molar-refractivity contribution in [3.63, 3.8) is 0 Å². The van der Waals surface area contributed by atoms with Crippen molar-refractivity contribution in [2.75, 3.05) is 24.3 Å². The molecule has 1 atom stereocenters. The number of hydrogen-bond donors (Lipinski definition) is 4. The number of aromatic hydroxyl groups is 2. The second-order valence-corrected chi connectivity index (χ2v) is 10.1. The molecule has 196 valence electrons. The first-order chi connectivity index (χ1) is 18.2. The molecular weight excluding hydrogens is 472 g/mol. The summed E-state index contributed by atoms with van der Waals surface area (Å²) >= 11 is 0. The predicted octanol–water partition coefficient (Wildman–Crippen LogP) is 6.85. The van der Waals surface area contributed by atoms with E-state index in [9.17, 15) is 15.3 Å². The largest absolute Gasteiger partial charge is 0.508 e. The van der Waals surface area contributed by atoms with Crippen molar-refractivity contribution in [3.05, 3.63) is 119 Å². The summed E-state index contributed by atoms with van der Waals surface area (Å²) in [5.74, 6) is 0.424. The first-order valence-electron chi connectivity index (χ1n) is 12.8. The Bertz CT molecular complexity index is 1280. The highest BCUT2D eigenvalue weighted by Crippen LogP contribution is 2.38. The normalized spacial score (nSPS) is 12.4. The van der Waals surface area contributed by atoms with Gasteiger partial charge in [-0.05, 0) is 83.6 Å². The van der Waals surface area contributed by atoms with Gasteiger partial charge in [-0.2, -0.15) is 0 Å². The van der Waals surface area contributed by atoms with Crippen molar-refractivity contribution in [2.24, 2.45) is 0 Å². The van der Waals surface area contributed by atoms with Gasteiger partial charge in [0.25, 0.3) is 0 Å². The van der Waals surface area contributed by atoms with Crippen molar-refractivity contribution in [1.82, 2.24) is 0 Å². The molecule has 0 heterocycles. The van der Waals surface area contributed by atoms with Gasteiger partial charge in [0.15, 0.2) is 0 Å². The minimum absolute atomic E-state index is 0.212. The Labute approximate surface area is 225 Å². The Balaban J connectivity index is 1.39. The van der Waals surface area contributed by atoms with E-state index < -0.39 is 11.6 Å². The predicted molar refractivity (Wildman–Crippen MR) is 158 cm³/mol. The number of phenols is 2. The fourth-order valence-electron chi connectivity index (χ4n) is 4.57. The van der Waals surface area contributed by atoms with Crippen LogP contribution in [0.5, 0.6) is 11.5 Å². The van der Waals surface area contributed by atoms with E-state index in [1.54, 1.807) is 24.3 Å². The Hall–Kier alpha value is -4.22. The van der Waals surface area contributed by atoms with Crippen molar-refractivity contribution >= 4 is 23.5 Å². The molecule has 38 heavy (non-hydrogen) atoms. The van der Waals surface area contributed by atoms with Gasteiger partial charge in [0.05, 0.1) is 0 Å². The van der Waals surface area contributed by atoms with Gasteiger partial charge in [-0.15, -0.1) is 0 Å². The zero-order chi connectivity index (χ0) is 27.1. The van der Waals surface area contributed by atoms with Crippen LogP contribution in [0.1, 0.15) is 42.0 Å². The average Bonchev–Trinajstić information content (AvgIpc) is 2.92. The number of benzene rings is 4. The van der Waals surface area contributed by atoms with Crippen LogP contribution in [0.25, 0.3) is 12.2 Å². The Kier molecular flexibility index (Phi) is 8.39. The van der Waals surface area contributed by atoms with Crippen LogP contribution in [-0.2, 0) is 5.41 Å². The number of hydrogen-bond acceptors (Lipinski definition) is 5. The summed E-state index contributed by atoms with van der Waals surface area (Å²) in [4.78, 5) is 2.08. The summed E-state index contributed by atoms with van der Waals surface area (Å²) in [5, 5.41) is 33.5. The van der Waals surface area contributed by atoms with Gasteiger partial charge >= 0.3 is 0 Å². The highest BCUT2D eigenvalue weighted by molar-refractivity contribution is 5.71. The molecule has 0 bridgehead atoms. The third kappa shape index (κ3) is 6.75. The molecular formula is C33H36N2O3. The molecule has 1 unspecified atom stereocenters. The minimum atomic E-state index is -0.736. The zero-order valence-corrected chi connectivity index (χ0v) is 22.2. The molecule has 0 amide bonds. The van der Waals surface area contributed by atoms with Crippen LogP contribution in [-0.4, -0.2) is 35.6 Å². The van der Waals surface area contributed by atoms with E-state index in [2.05, 4.69) is 53.6 Å². The van der Waals surface area contributed by atoms with Gasteiger partial charge in [0, 0.05) is 30.9 Å². The minimum Gasteiger partial charge on any atom is -0.508 e. The van der Waals surface area contributed by atoms with Crippen molar-refractivity contribution in [2.45, 2.75) is 31.4 Å². The van der Waals surface area contributed by atoms with Crippen LogP contribution in [0.15, 0.2) is 97.1 Å². The Morgan fingerprint density at radius 2 is 1.16 bits per heavy atom. The highest BCUT2D eigenvalue weighted by Gasteiger charge is 2.29. The van der Waals surface area contributed by atoms with Crippen molar-refractivity contribution in [1.29, 1.82) is 0 Å². The van der Waals surface area contributed by atoms with E-state index >= 15 is 0 Å². The molecule has 4 aromatic carbocycles. The summed E-state index contributed by atoms with van der Waals surface area (Å²) in [6.07, 6.45) is 4.59. The van der Waals surface area contributed by atoms with E-state index in [0.29, 0.717) is 12.8 Å². The summed E-state index contributed by atoms with van der Waals surface area (Å²) in [6, 6.07) is 30.7. The van der Waals surface area contributed by atoms with Gasteiger partial charge in [-0.25, -0.2) is 0 Å². The average molecular weight is 509 g/mol. The van der Waals surface area contributed by atoms with E-state index in [1.807, 2.05) is 62.6 Å². The van der Waals surface area contributed by atoms with Crippen LogP contribution in [0.3, 0.4) is 0 Å². The maximum atomic E-state index is 10.8. The molecule has 0 saturated carbocycles. The quantitative estimate of drug-likeness (QED) is 0.139. The summed E-state index contributed by atoms with van der Waals surface area (Å²) in [6.45, 7) is 2.12. The van der Waals surface area contributed by atoms with E-state index in [-0.39, 0.29) is 11.5 Å². The lowest BCUT2D eigenvalue weighted by Gasteiger charge is -2.32. The molecule has 0 aliphatic carbocycles. The van der Waals surface area contributed by atoms with Gasteiger partial charge < -0.3 is 25.5 Å². The molecule has 0 fully saturated rings. The maximum absolute atomic E-state index is 10.8. The number of phenolic OH excluding ortho intramolecular Hbond substituents is 2. The van der Waals surface area contributed by atoms with Gasteiger partial charge in [-0.3, -0.25) is 0 Å². The molecule has 0 spiro atoms. The first-order valence-corrected chi connectivity index (χ1v) is 12.8. The molecule has 0 saturated heterocycles. The Morgan fingerprint density at radius 3 is 1.61 bits per heavy atom. The van der Waals surface area contributed by atoms with Crippen LogP contribution in [0.2, 0.25) is 0 Å². The lowest BCUT2D eigenvalue weighted by atomic mass is 9.73. The van der Waals surface area contributed by atoms with Gasteiger partial charge in [0.2, 0.25) is 0 Å². The van der Waals surface area contributed by atoms with Crippen LogP contribution >= 0.6 is 0 Å². The molecule has 5 heteroatoms. The smallest absolute Gasteiger partial charge is 0.124 e. The van der Waals surface area contributed by atoms with E-state index in [4.69, 9.17) is 0 Å². The highest BCUT2D eigenvalue weighted by atomic mass is 16.3. The summed E-state index contributed by atoms with van der Waals surface area (Å²) in [5.41, 5.74) is 5.88. The third-order valence-electron chi connectivity index (χ3n) is 7.05. The molecule has 4 aromatic rings. The molecule has 0 radical (unpaired) electrons. The number of nitrogens with one attached hydrogen (secondary N) is 1. The topological polar surface area (TPSA) is 76.0 Å². The molecule has 4 rings (SSSR count). The molecule has 4 N–H and O–H groups in total. The van der Waals surface area contributed by atoms with E-state index in [1.165, 1.54) is 5.69 Å². The molecule has 0 aliphatic heterocycles. The molecule has 0 aromatic heterocycles. The van der Waals surface area contributed by atoms with Crippen LogP contribution < -0.4 is 10.2 Å². The van der Waals surface area contributed by atoms with Crippen LogP contribution in [0, 0.1) is 0 Å². The lowest BCUT2D eigenvalue weighted by Crippen LogP contribution is -2.28. The SMILES string of the molecule is CN(C)c1ccc(/C=C/c2ccc(NC(O)CCC(C)(c3ccc(O)cc3)c3ccc(O)cc3)cc2)cc1. The van der Waals surface area contributed by atoms with E-state index in [0.717, 1.165) is 27.9 Å². The fourth-order valence-corrected chi connectivity index (χ4v) is 4.57.